The van der Waals surface area contributed by atoms with Crippen molar-refractivity contribution in [2.75, 3.05) is 26.2 Å². The van der Waals surface area contributed by atoms with Crippen LogP contribution in [-0.2, 0) is 0 Å². The summed E-state index contributed by atoms with van der Waals surface area (Å²) in [7, 11) is 0. The average molecular weight is 252 g/mol. The Hall–Kier alpha value is -0.0800. The zero-order valence-corrected chi connectivity index (χ0v) is 12.5. The summed E-state index contributed by atoms with van der Waals surface area (Å²) >= 11 is 0. The predicted molar refractivity (Wildman–Crippen MR) is 78.9 cm³/mol. The Balaban J connectivity index is 1.68. The molecule has 0 spiro atoms. The summed E-state index contributed by atoms with van der Waals surface area (Å²) < 4.78 is 0. The number of nitrogens with zero attached hydrogens (tertiary/aromatic N) is 1. The molecule has 1 saturated carbocycles. The van der Waals surface area contributed by atoms with Crippen molar-refractivity contribution in [3.8, 4) is 0 Å². The van der Waals surface area contributed by atoms with Gasteiger partial charge >= 0.3 is 0 Å². The Morgan fingerprint density at radius 1 is 1.00 bits per heavy atom. The van der Waals surface area contributed by atoms with Gasteiger partial charge in [-0.15, -0.1) is 0 Å². The van der Waals surface area contributed by atoms with Crippen LogP contribution in [0.5, 0.6) is 0 Å². The molecule has 1 saturated heterocycles. The topological polar surface area (TPSA) is 15.3 Å². The number of nitrogens with one attached hydrogen (secondary N) is 1. The summed E-state index contributed by atoms with van der Waals surface area (Å²) in [6, 6.07) is 0.921. The van der Waals surface area contributed by atoms with Crippen LogP contribution in [0.3, 0.4) is 0 Å². The molecule has 1 aliphatic carbocycles. The molecule has 0 aromatic rings. The van der Waals surface area contributed by atoms with Crippen LogP contribution in [0, 0.1) is 11.8 Å². The second-order valence-electron chi connectivity index (χ2n) is 6.42. The lowest BCUT2D eigenvalue weighted by Crippen LogP contribution is -2.37. The molecular formula is C16H32N2. The molecule has 0 aromatic carbocycles. The molecule has 1 atom stereocenters. The highest BCUT2D eigenvalue weighted by Gasteiger charge is 2.30. The van der Waals surface area contributed by atoms with E-state index in [4.69, 9.17) is 0 Å². The summed E-state index contributed by atoms with van der Waals surface area (Å²) in [6.45, 7) is 9.62. The monoisotopic (exact) mass is 252 g/mol. The van der Waals surface area contributed by atoms with Gasteiger partial charge in [-0.3, -0.25) is 0 Å². The van der Waals surface area contributed by atoms with E-state index in [1.54, 1.807) is 0 Å². The first-order valence-corrected chi connectivity index (χ1v) is 8.28. The van der Waals surface area contributed by atoms with Crippen molar-refractivity contribution in [3.63, 3.8) is 0 Å². The number of hydrogen-bond donors (Lipinski definition) is 1. The second kappa shape index (κ2) is 7.49. The lowest BCUT2D eigenvalue weighted by Gasteiger charge is -2.34. The van der Waals surface area contributed by atoms with Crippen molar-refractivity contribution in [2.45, 2.75) is 64.8 Å². The fourth-order valence-electron chi connectivity index (χ4n) is 3.92. The first-order chi connectivity index (χ1) is 8.83. The molecule has 0 aromatic heterocycles. The molecule has 2 heteroatoms. The quantitative estimate of drug-likeness (QED) is 0.780. The highest BCUT2D eigenvalue weighted by Crippen LogP contribution is 2.32. The van der Waals surface area contributed by atoms with Crippen LogP contribution in [0.1, 0.15) is 58.8 Å². The van der Waals surface area contributed by atoms with Gasteiger partial charge in [-0.25, -0.2) is 0 Å². The number of hydrogen-bond acceptors (Lipinski definition) is 2. The summed E-state index contributed by atoms with van der Waals surface area (Å²) in [4.78, 5) is 2.80. The molecule has 2 nitrogen and oxygen atoms in total. The third-order valence-electron chi connectivity index (χ3n) is 5.03. The molecule has 106 valence electrons. The predicted octanol–water partition coefficient (Wildman–Crippen LogP) is 3.28. The van der Waals surface area contributed by atoms with Crippen molar-refractivity contribution in [1.29, 1.82) is 0 Å². The summed E-state index contributed by atoms with van der Waals surface area (Å²) in [6.07, 6.45) is 10.2. The standard InChI is InChI=1S/C16H32N2/c1-3-5-14-6-8-16(9-7-14)18-11-10-15(13-18)12-17-4-2/h14-17H,3-13H2,1-2H3. The minimum absolute atomic E-state index is 0.915. The number of rotatable bonds is 6. The van der Waals surface area contributed by atoms with E-state index < -0.39 is 0 Å². The van der Waals surface area contributed by atoms with Crippen molar-refractivity contribution in [1.82, 2.24) is 10.2 Å². The van der Waals surface area contributed by atoms with Crippen LogP contribution in [0.25, 0.3) is 0 Å². The van der Waals surface area contributed by atoms with E-state index in [2.05, 4.69) is 24.1 Å². The molecule has 2 rings (SSSR count). The maximum Gasteiger partial charge on any atom is 0.00955 e. The molecule has 2 aliphatic rings. The van der Waals surface area contributed by atoms with Gasteiger partial charge in [0.1, 0.15) is 0 Å². The van der Waals surface area contributed by atoms with Crippen LogP contribution in [0.2, 0.25) is 0 Å². The minimum Gasteiger partial charge on any atom is -0.317 e. The number of likely N-dealkylation sites (tertiary alicyclic amines) is 1. The van der Waals surface area contributed by atoms with Crippen molar-refractivity contribution < 1.29 is 0 Å². The summed E-state index contributed by atoms with van der Waals surface area (Å²) in [5, 5.41) is 3.51. The van der Waals surface area contributed by atoms with Gasteiger partial charge in [-0.05, 0) is 63.6 Å². The molecule has 1 aliphatic heterocycles. The van der Waals surface area contributed by atoms with E-state index in [0.29, 0.717) is 0 Å². The third-order valence-corrected chi connectivity index (χ3v) is 5.03. The van der Waals surface area contributed by atoms with Gasteiger partial charge in [0, 0.05) is 12.6 Å². The third kappa shape index (κ3) is 3.96. The zero-order valence-electron chi connectivity index (χ0n) is 12.5. The van der Waals surface area contributed by atoms with E-state index in [9.17, 15) is 0 Å². The fourth-order valence-corrected chi connectivity index (χ4v) is 3.92. The van der Waals surface area contributed by atoms with Crippen LogP contribution < -0.4 is 5.32 Å². The van der Waals surface area contributed by atoms with Crippen LogP contribution in [0.15, 0.2) is 0 Å². The molecule has 2 fully saturated rings. The Bertz CT molecular complexity index is 221. The van der Waals surface area contributed by atoms with Crippen molar-refractivity contribution >= 4 is 0 Å². The Kier molecular flexibility index (Phi) is 5.97. The molecule has 1 heterocycles. The molecule has 18 heavy (non-hydrogen) atoms. The van der Waals surface area contributed by atoms with Crippen LogP contribution in [0.4, 0.5) is 0 Å². The van der Waals surface area contributed by atoms with Crippen molar-refractivity contribution in [3.05, 3.63) is 0 Å². The van der Waals surface area contributed by atoms with Gasteiger partial charge in [0.05, 0.1) is 0 Å². The summed E-state index contributed by atoms with van der Waals surface area (Å²) in [5.41, 5.74) is 0. The Labute approximate surface area is 114 Å². The highest BCUT2D eigenvalue weighted by atomic mass is 15.2. The van der Waals surface area contributed by atoms with Gasteiger partial charge in [0.2, 0.25) is 0 Å². The van der Waals surface area contributed by atoms with Gasteiger partial charge in [0.25, 0.3) is 0 Å². The normalized spacial score (nSPS) is 34.0. The lowest BCUT2D eigenvalue weighted by atomic mass is 9.83. The van der Waals surface area contributed by atoms with Crippen LogP contribution >= 0.6 is 0 Å². The van der Waals surface area contributed by atoms with Crippen molar-refractivity contribution in [2.24, 2.45) is 11.8 Å². The molecular weight excluding hydrogens is 220 g/mol. The second-order valence-corrected chi connectivity index (χ2v) is 6.42. The minimum atomic E-state index is 0.915. The van der Waals surface area contributed by atoms with E-state index in [1.807, 2.05) is 0 Å². The highest BCUT2D eigenvalue weighted by molar-refractivity contribution is 4.85. The lowest BCUT2D eigenvalue weighted by molar-refractivity contribution is 0.156. The summed E-state index contributed by atoms with van der Waals surface area (Å²) in [5.74, 6) is 1.96. The van der Waals surface area contributed by atoms with Crippen LogP contribution in [-0.4, -0.2) is 37.1 Å². The smallest absolute Gasteiger partial charge is 0.00955 e. The Morgan fingerprint density at radius 3 is 2.44 bits per heavy atom. The molecule has 0 bridgehead atoms. The largest absolute Gasteiger partial charge is 0.317 e. The first-order valence-electron chi connectivity index (χ1n) is 8.28. The molecule has 1 N–H and O–H groups in total. The SMILES string of the molecule is CCCC1CCC(N2CCC(CNCC)C2)CC1. The fraction of sp³-hybridized carbons (Fsp3) is 1.00. The van der Waals surface area contributed by atoms with E-state index in [-0.39, 0.29) is 0 Å². The van der Waals surface area contributed by atoms with Gasteiger partial charge in [-0.1, -0.05) is 26.7 Å². The van der Waals surface area contributed by atoms with E-state index in [1.165, 1.54) is 64.6 Å². The van der Waals surface area contributed by atoms with Gasteiger partial charge < -0.3 is 10.2 Å². The first kappa shape index (κ1) is 14.3. The average Bonchev–Trinajstić information content (AvgIpc) is 2.86. The van der Waals surface area contributed by atoms with E-state index >= 15 is 0 Å². The zero-order chi connectivity index (χ0) is 12.8. The molecule has 0 amide bonds. The maximum atomic E-state index is 3.51. The molecule has 0 radical (unpaired) electrons. The molecule has 1 unspecified atom stereocenters. The van der Waals surface area contributed by atoms with Gasteiger partial charge in [-0.2, -0.15) is 0 Å². The van der Waals surface area contributed by atoms with E-state index in [0.717, 1.165) is 24.4 Å². The van der Waals surface area contributed by atoms with Gasteiger partial charge in [0.15, 0.2) is 0 Å². The Morgan fingerprint density at radius 2 is 1.78 bits per heavy atom. The maximum absolute atomic E-state index is 3.51.